The fourth-order valence-corrected chi connectivity index (χ4v) is 5.63. The molecule has 2 aliphatic rings. The first-order chi connectivity index (χ1) is 18.7. The van der Waals surface area contributed by atoms with E-state index in [-0.39, 0.29) is 41.6 Å². The lowest BCUT2D eigenvalue weighted by molar-refractivity contribution is 0.0447. The third-order valence-corrected chi connectivity index (χ3v) is 8.10. The van der Waals surface area contributed by atoms with E-state index in [0.29, 0.717) is 36.3 Å². The molecule has 1 atom stereocenters. The zero-order chi connectivity index (χ0) is 27.4. The maximum absolute atomic E-state index is 16.5. The first kappa shape index (κ1) is 25.7. The van der Waals surface area contributed by atoms with Gasteiger partial charge < -0.3 is 25.0 Å². The van der Waals surface area contributed by atoms with Gasteiger partial charge in [0.1, 0.15) is 22.8 Å². The van der Waals surface area contributed by atoms with Crippen LogP contribution < -0.4 is 9.64 Å². The Kier molecular flexibility index (Phi) is 6.31. The number of phenolic OH excluding ortho intramolecular Hbond substituents is 1. The number of benzene rings is 2. The number of hydrogen-bond donors (Lipinski definition) is 3. The van der Waals surface area contributed by atoms with Crippen molar-refractivity contribution in [2.45, 2.75) is 51.6 Å². The molecule has 0 radical (unpaired) electrons. The highest BCUT2D eigenvalue weighted by molar-refractivity contribution is 6.01. The molecule has 8 nitrogen and oxygen atoms in total. The average Bonchev–Trinajstić information content (AvgIpc) is 3.71. The Bertz CT molecular complexity index is 1570. The van der Waals surface area contributed by atoms with Crippen LogP contribution in [0.3, 0.4) is 0 Å². The van der Waals surface area contributed by atoms with Crippen LogP contribution in [0.15, 0.2) is 36.5 Å². The number of aryl methyl sites for hydroxylation is 1. The van der Waals surface area contributed by atoms with Crippen molar-refractivity contribution in [3.63, 3.8) is 0 Å². The number of anilines is 1. The van der Waals surface area contributed by atoms with Crippen molar-refractivity contribution in [2.24, 2.45) is 5.41 Å². The molecule has 1 aliphatic carbocycles. The van der Waals surface area contributed by atoms with E-state index in [0.717, 1.165) is 42.0 Å². The Hall–Kier alpha value is -3.56. The molecule has 1 saturated carbocycles. The summed E-state index contributed by atoms with van der Waals surface area (Å²) in [5.41, 5.74) is 0.443. The number of fused-ring (bicyclic) bond motifs is 2. The van der Waals surface area contributed by atoms with Gasteiger partial charge in [-0.05, 0) is 67.5 Å². The standard InChI is InChI=1S/C30H33FN4O4/c1-3-18-6-4-7-19-12-20(37)13-21(23(18)19)25-24(31)26-22(14-32-25)27(35-11-5-8-29(2,38)15-35)34-28(33-26)39-17-30(16-36)9-10-30/h4,6-7,12-14,36-38H,3,5,8-11,15-17H2,1-2H3/t29-/m1/s1. The number of β-amino-alcohol motifs (C(OH)–C–C–N with tert-alkyl or cyclic N) is 1. The number of ether oxygens (including phenoxy) is 1. The van der Waals surface area contributed by atoms with Crippen molar-refractivity contribution in [1.82, 2.24) is 15.0 Å². The largest absolute Gasteiger partial charge is 0.508 e. The molecule has 0 unspecified atom stereocenters. The van der Waals surface area contributed by atoms with Crippen molar-refractivity contribution < 1.29 is 24.4 Å². The van der Waals surface area contributed by atoms with Gasteiger partial charge in [-0.1, -0.05) is 25.1 Å². The predicted molar refractivity (Wildman–Crippen MR) is 148 cm³/mol. The minimum absolute atomic E-state index is 0.00912. The number of aliphatic hydroxyl groups is 2. The SMILES string of the molecule is CCc1cccc2cc(O)cc(-c3ncc4c(N5CCC[C@@](C)(O)C5)nc(OCC5(CO)CC5)nc4c3F)c12. The van der Waals surface area contributed by atoms with Crippen LogP contribution >= 0.6 is 0 Å². The van der Waals surface area contributed by atoms with E-state index >= 15 is 4.39 Å². The molecule has 0 amide bonds. The molecule has 2 aromatic heterocycles. The number of pyridine rings is 1. The van der Waals surface area contributed by atoms with Gasteiger partial charge in [-0.15, -0.1) is 0 Å². The zero-order valence-electron chi connectivity index (χ0n) is 22.2. The molecule has 0 spiro atoms. The molecule has 9 heteroatoms. The Balaban J connectivity index is 1.53. The molecule has 1 aliphatic heterocycles. The summed E-state index contributed by atoms with van der Waals surface area (Å²) in [5.74, 6) is -0.156. The van der Waals surface area contributed by atoms with Crippen molar-refractivity contribution in [3.8, 4) is 23.0 Å². The number of hydrogen-bond acceptors (Lipinski definition) is 8. The van der Waals surface area contributed by atoms with Crippen LogP contribution in [0.4, 0.5) is 10.2 Å². The first-order valence-electron chi connectivity index (χ1n) is 13.5. The summed E-state index contributed by atoms with van der Waals surface area (Å²) in [6.45, 7) is 5.04. The van der Waals surface area contributed by atoms with Crippen LogP contribution in [0.25, 0.3) is 32.9 Å². The van der Waals surface area contributed by atoms with Crippen LogP contribution in [0.1, 0.15) is 45.1 Å². The highest BCUT2D eigenvalue weighted by atomic mass is 19.1. The van der Waals surface area contributed by atoms with Crippen LogP contribution in [0, 0.1) is 11.2 Å². The normalized spacial score (nSPS) is 20.5. The van der Waals surface area contributed by atoms with Gasteiger partial charge >= 0.3 is 6.01 Å². The topological polar surface area (TPSA) is 112 Å². The van der Waals surface area contributed by atoms with Crippen molar-refractivity contribution in [1.29, 1.82) is 0 Å². The van der Waals surface area contributed by atoms with Crippen LogP contribution in [0.2, 0.25) is 0 Å². The fraction of sp³-hybridized carbons (Fsp3) is 0.433. The van der Waals surface area contributed by atoms with Crippen LogP contribution in [0.5, 0.6) is 11.8 Å². The lowest BCUT2D eigenvalue weighted by atomic mass is 9.94. The molecular weight excluding hydrogens is 499 g/mol. The van der Waals surface area contributed by atoms with Crippen molar-refractivity contribution >= 4 is 27.5 Å². The summed E-state index contributed by atoms with van der Waals surface area (Å²) >= 11 is 0. The van der Waals surface area contributed by atoms with Gasteiger partial charge in [0.2, 0.25) is 0 Å². The summed E-state index contributed by atoms with van der Waals surface area (Å²) in [4.78, 5) is 15.6. The summed E-state index contributed by atoms with van der Waals surface area (Å²) in [5, 5.41) is 33.0. The molecule has 39 heavy (non-hydrogen) atoms. The van der Waals surface area contributed by atoms with E-state index in [9.17, 15) is 15.3 Å². The van der Waals surface area contributed by atoms with E-state index in [1.807, 2.05) is 30.0 Å². The molecule has 3 heterocycles. The molecule has 2 aromatic carbocycles. The van der Waals surface area contributed by atoms with E-state index in [1.54, 1.807) is 19.2 Å². The number of aromatic hydroxyl groups is 1. The van der Waals surface area contributed by atoms with E-state index < -0.39 is 11.4 Å². The summed E-state index contributed by atoms with van der Waals surface area (Å²) < 4.78 is 22.4. The number of aliphatic hydroxyl groups excluding tert-OH is 1. The number of aromatic nitrogens is 3. The van der Waals surface area contributed by atoms with E-state index in [1.165, 1.54) is 6.07 Å². The van der Waals surface area contributed by atoms with Crippen molar-refractivity contribution in [3.05, 3.63) is 47.9 Å². The second-order valence-corrected chi connectivity index (χ2v) is 11.3. The van der Waals surface area contributed by atoms with Gasteiger partial charge in [0.15, 0.2) is 5.82 Å². The highest BCUT2D eigenvalue weighted by Gasteiger charge is 2.43. The number of phenols is 1. The Morgan fingerprint density at radius 3 is 2.69 bits per heavy atom. The predicted octanol–water partition coefficient (Wildman–Crippen LogP) is 4.75. The van der Waals surface area contributed by atoms with Crippen LogP contribution in [-0.4, -0.2) is 62.2 Å². The summed E-state index contributed by atoms with van der Waals surface area (Å²) in [6.07, 6.45) is 5.42. The first-order valence-corrected chi connectivity index (χ1v) is 13.5. The average molecular weight is 533 g/mol. The number of nitrogens with zero attached hydrogens (tertiary/aromatic N) is 4. The molecule has 204 valence electrons. The lowest BCUT2D eigenvalue weighted by Crippen LogP contribution is -2.46. The van der Waals surface area contributed by atoms with E-state index in [4.69, 9.17) is 4.74 Å². The van der Waals surface area contributed by atoms with Crippen LogP contribution in [-0.2, 0) is 6.42 Å². The highest BCUT2D eigenvalue weighted by Crippen LogP contribution is 2.45. The number of rotatable bonds is 7. The second kappa shape index (κ2) is 9.57. The molecule has 0 bridgehead atoms. The van der Waals surface area contributed by atoms with Gasteiger partial charge in [0, 0.05) is 30.3 Å². The molecular formula is C30H33FN4O4. The quantitative estimate of drug-likeness (QED) is 0.313. The second-order valence-electron chi connectivity index (χ2n) is 11.3. The lowest BCUT2D eigenvalue weighted by Gasteiger charge is -2.37. The van der Waals surface area contributed by atoms with E-state index in [2.05, 4.69) is 15.0 Å². The summed E-state index contributed by atoms with van der Waals surface area (Å²) in [6, 6.07) is 9.03. The zero-order valence-corrected chi connectivity index (χ0v) is 22.2. The fourth-order valence-electron chi connectivity index (χ4n) is 5.63. The smallest absolute Gasteiger partial charge is 0.319 e. The Morgan fingerprint density at radius 1 is 1.15 bits per heavy atom. The Labute approximate surface area is 226 Å². The van der Waals surface area contributed by atoms with Gasteiger partial charge in [-0.2, -0.15) is 9.97 Å². The summed E-state index contributed by atoms with van der Waals surface area (Å²) in [7, 11) is 0. The third-order valence-electron chi connectivity index (χ3n) is 8.10. The Morgan fingerprint density at radius 2 is 1.97 bits per heavy atom. The number of piperidine rings is 1. The third kappa shape index (κ3) is 4.74. The molecule has 3 N–H and O–H groups in total. The van der Waals surface area contributed by atoms with Gasteiger partial charge in [0.25, 0.3) is 0 Å². The maximum Gasteiger partial charge on any atom is 0.319 e. The molecule has 4 aromatic rings. The maximum atomic E-state index is 16.5. The molecule has 1 saturated heterocycles. The van der Waals surface area contributed by atoms with Gasteiger partial charge in [0.05, 0.1) is 24.2 Å². The molecule has 2 fully saturated rings. The van der Waals surface area contributed by atoms with Gasteiger partial charge in [-0.3, -0.25) is 4.98 Å². The number of halogens is 1. The van der Waals surface area contributed by atoms with Crippen molar-refractivity contribution in [2.75, 3.05) is 31.2 Å². The monoisotopic (exact) mass is 532 g/mol. The minimum Gasteiger partial charge on any atom is -0.508 e. The minimum atomic E-state index is -0.908. The van der Waals surface area contributed by atoms with Gasteiger partial charge in [-0.25, -0.2) is 4.39 Å². The molecule has 6 rings (SSSR count).